The molecule has 2 aromatic carbocycles. The normalized spacial score (nSPS) is 20.0. The van der Waals surface area contributed by atoms with Gasteiger partial charge in [0.15, 0.2) is 0 Å². The van der Waals surface area contributed by atoms with Crippen molar-refractivity contribution in [3.8, 4) is 5.75 Å². The van der Waals surface area contributed by atoms with Crippen LogP contribution in [0.5, 0.6) is 5.75 Å². The molecule has 2 N–H and O–H groups in total. The number of halogens is 3. The molecule has 33 heavy (non-hydrogen) atoms. The second-order valence-electron chi connectivity index (χ2n) is 8.11. The number of sulfonamides is 1. The molecule has 0 radical (unpaired) electrons. The number of hydrogen-bond donors (Lipinski definition) is 2. The van der Waals surface area contributed by atoms with Crippen LogP contribution < -0.4 is 15.4 Å². The van der Waals surface area contributed by atoms with Gasteiger partial charge in [-0.3, -0.25) is 4.79 Å². The van der Waals surface area contributed by atoms with Gasteiger partial charge >= 0.3 is 0 Å². The Morgan fingerprint density at radius 2 is 1.76 bits per heavy atom. The van der Waals surface area contributed by atoms with E-state index in [0.717, 1.165) is 25.9 Å². The highest BCUT2D eigenvalue weighted by molar-refractivity contribution is 7.89. The molecule has 1 unspecified atom stereocenters. The van der Waals surface area contributed by atoms with Crippen LogP contribution in [0.4, 0.5) is 0 Å². The quantitative estimate of drug-likeness (QED) is 0.588. The van der Waals surface area contributed by atoms with E-state index in [1.54, 1.807) is 18.2 Å². The Bertz CT molecular complexity index is 1140. The van der Waals surface area contributed by atoms with Gasteiger partial charge in [0.1, 0.15) is 11.9 Å². The van der Waals surface area contributed by atoms with Crippen molar-refractivity contribution in [2.75, 3.05) is 26.2 Å². The average Bonchev–Trinajstić information content (AvgIpc) is 3.27. The molecule has 0 bridgehead atoms. The van der Waals surface area contributed by atoms with Crippen molar-refractivity contribution in [2.24, 2.45) is 0 Å². The minimum absolute atomic E-state index is 0.0599. The lowest BCUT2D eigenvalue weighted by Gasteiger charge is -2.24. The fourth-order valence-electron chi connectivity index (χ4n) is 3.95. The summed E-state index contributed by atoms with van der Waals surface area (Å²) in [6.45, 7) is 2.22. The summed E-state index contributed by atoms with van der Waals surface area (Å²) in [6.07, 6.45) is 2.31. The van der Waals surface area contributed by atoms with E-state index in [1.807, 2.05) is 0 Å². The van der Waals surface area contributed by atoms with Gasteiger partial charge in [-0.1, -0.05) is 34.8 Å². The summed E-state index contributed by atoms with van der Waals surface area (Å²) in [4.78, 5) is 12.6. The predicted octanol–water partition coefficient (Wildman–Crippen LogP) is 3.97. The zero-order valence-corrected chi connectivity index (χ0v) is 20.8. The van der Waals surface area contributed by atoms with Crippen LogP contribution in [0.2, 0.25) is 15.1 Å². The van der Waals surface area contributed by atoms with Crippen LogP contribution in [-0.4, -0.2) is 57.0 Å². The van der Waals surface area contributed by atoms with Crippen molar-refractivity contribution >= 4 is 50.7 Å². The number of nitrogens with zero attached hydrogens (tertiary/aromatic N) is 1. The first-order valence-corrected chi connectivity index (χ1v) is 13.2. The minimum Gasteiger partial charge on any atom is -0.489 e. The van der Waals surface area contributed by atoms with Crippen LogP contribution in [0, 0.1) is 0 Å². The first-order chi connectivity index (χ1) is 15.7. The maximum Gasteiger partial charge on any atom is 0.251 e. The monoisotopic (exact) mass is 531 g/mol. The third-order valence-electron chi connectivity index (χ3n) is 5.79. The second kappa shape index (κ2) is 10.4. The molecule has 2 aliphatic rings. The largest absolute Gasteiger partial charge is 0.489 e. The summed E-state index contributed by atoms with van der Waals surface area (Å²) in [6, 6.07) is 8.83. The van der Waals surface area contributed by atoms with Gasteiger partial charge in [0, 0.05) is 24.7 Å². The van der Waals surface area contributed by atoms with Crippen LogP contribution in [-0.2, 0) is 10.0 Å². The minimum atomic E-state index is -3.76. The summed E-state index contributed by atoms with van der Waals surface area (Å²) >= 11 is 18.2. The zero-order valence-electron chi connectivity index (χ0n) is 17.7. The van der Waals surface area contributed by atoms with Crippen molar-refractivity contribution in [1.29, 1.82) is 0 Å². The standard InChI is InChI=1S/C22H24Cl3N3O4S/c23-18-3-1-14(11-19(18)24)22(29)27-15-7-10-28(13-15)33(30,31)17-2-4-21(20(25)12-17)32-16-5-8-26-9-6-16/h1-4,11-12,15-16,26H,5-10,13H2,(H,27,29). The first-order valence-electron chi connectivity index (χ1n) is 10.7. The molecule has 178 valence electrons. The SMILES string of the molecule is O=C(NC1CCN(S(=O)(=O)c2ccc(OC3CCNCC3)c(Cl)c2)C1)c1ccc(Cl)c(Cl)c1. The molecular weight excluding hydrogens is 509 g/mol. The van der Waals surface area contributed by atoms with Crippen molar-refractivity contribution in [1.82, 2.24) is 14.9 Å². The van der Waals surface area contributed by atoms with Gasteiger partial charge in [-0.15, -0.1) is 0 Å². The highest BCUT2D eigenvalue weighted by atomic mass is 35.5. The van der Waals surface area contributed by atoms with E-state index in [4.69, 9.17) is 39.5 Å². The lowest BCUT2D eigenvalue weighted by atomic mass is 10.1. The van der Waals surface area contributed by atoms with Crippen LogP contribution in [0.3, 0.4) is 0 Å². The number of ether oxygens (including phenoxy) is 1. The second-order valence-corrected chi connectivity index (χ2v) is 11.3. The summed E-state index contributed by atoms with van der Waals surface area (Å²) in [5, 5.41) is 7.04. The van der Waals surface area contributed by atoms with Gasteiger partial charge in [-0.2, -0.15) is 4.31 Å². The lowest BCUT2D eigenvalue weighted by Crippen LogP contribution is -2.38. The Hall–Kier alpha value is -1.55. The molecule has 0 aliphatic carbocycles. The Labute approximate surface area is 208 Å². The van der Waals surface area contributed by atoms with Crippen molar-refractivity contribution < 1.29 is 17.9 Å². The molecular formula is C22H24Cl3N3O4S. The van der Waals surface area contributed by atoms with Crippen molar-refractivity contribution in [2.45, 2.75) is 36.3 Å². The van der Waals surface area contributed by atoms with E-state index < -0.39 is 10.0 Å². The summed E-state index contributed by atoms with van der Waals surface area (Å²) in [5.74, 6) is 0.149. The highest BCUT2D eigenvalue weighted by Crippen LogP contribution is 2.31. The number of nitrogens with one attached hydrogen (secondary N) is 2. The Balaban J connectivity index is 1.40. The van der Waals surface area contributed by atoms with E-state index in [-0.39, 0.29) is 39.5 Å². The third kappa shape index (κ3) is 5.75. The van der Waals surface area contributed by atoms with E-state index in [9.17, 15) is 13.2 Å². The van der Waals surface area contributed by atoms with E-state index in [0.29, 0.717) is 29.3 Å². The van der Waals surface area contributed by atoms with Crippen LogP contribution >= 0.6 is 34.8 Å². The van der Waals surface area contributed by atoms with Gasteiger partial charge < -0.3 is 15.4 Å². The number of hydrogen-bond acceptors (Lipinski definition) is 5. The Kier molecular flexibility index (Phi) is 7.73. The molecule has 11 heteroatoms. The number of benzene rings is 2. The van der Waals surface area contributed by atoms with Crippen molar-refractivity contribution in [3.63, 3.8) is 0 Å². The molecule has 2 fully saturated rings. The number of amides is 1. The van der Waals surface area contributed by atoms with E-state index in [1.165, 1.54) is 22.5 Å². The molecule has 1 atom stereocenters. The lowest BCUT2D eigenvalue weighted by molar-refractivity contribution is 0.0939. The summed E-state index contributed by atoms with van der Waals surface area (Å²) in [7, 11) is -3.76. The van der Waals surface area contributed by atoms with Crippen LogP contribution in [0.15, 0.2) is 41.3 Å². The fourth-order valence-corrected chi connectivity index (χ4v) is 6.06. The maximum absolute atomic E-state index is 13.1. The van der Waals surface area contributed by atoms with Crippen molar-refractivity contribution in [3.05, 3.63) is 57.0 Å². The Morgan fingerprint density at radius 3 is 2.45 bits per heavy atom. The molecule has 7 nitrogen and oxygen atoms in total. The Morgan fingerprint density at radius 1 is 1.00 bits per heavy atom. The number of rotatable bonds is 6. The van der Waals surface area contributed by atoms with Crippen LogP contribution in [0.25, 0.3) is 0 Å². The molecule has 4 rings (SSSR count). The predicted molar refractivity (Wildman–Crippen MR) is 129 cm³/mol. The van der Waals surface area contributed by atoms with Gasteiger partial charge in [-0.05, 0) is 68.8 Å². The third-order valence-corrected chi connectivity index (χ3v) is 8.68. The molecule has 2 heterocycles. The number of carbonyl (C=O) groups excluding carboxylic acids is 1. The molecule has 1 amide bonds. The molecule has 2 saturated heterocycles. The molecule has 0 spiro atoms. The number of piperidine rings is 1. The van der Waals surface area contributed by atoms with Gasteiger partial charge in [0.25, 0.3) is 5.91 Å². The maximum atomic E-state index is 13.1. The molecule has 0 aromatic heterocycles. The molecule has 2 aromatic rings. The van der Waals surface area contributed by atoms with Crippen LogP contribution in [0.1, 0.15) is 29.6 Å². The first kappa shape index (κ1) is 24.6. The molecule has 2 aliphatic heterocycles. The van der Waals surface area contributed by atoms with E-state index in [2.05, 4.69) is 10.6 Å². The summed E-state index contributed by atoms with van der Waals surface area (Å²) in [5.41, 5.74) is 0.363. The van der Waals surface area contributed by atoms with E-state index >= 15 is 0 Å². The zero-order chi connectivity index (χ0) is 23.6. The highest BCUT2D eigenvalue weighted by Gasteiger charge is 2.34. The molecule has 0 saturated carbocycles. The van der Waals surface area contributed by atoms with Gasteiger partial charge in [0.2, 0.25) is 10.0 Å². The topological polar surface area (TPSA) is 87.7 Å². The smallest absolute Gasteiger partial charge is 0.251 e. The fraction of sp³-hybridized carbons (Fsp3) is 0.409. The van der Waals surface area contributed by atoms with Gasteiger partial charge in [-0.25, -0.2) is 8.42 Å². The van der Waals surface area contributed by atoms with Gasteiger partial charge in [0.05, 0.1) is 20.0 Å². The number of carbonyl (C=O) groups is 1. The summed E-state index contributed by atoms with van der Waals surface area (Å²) < 4.78 is 33.6. The average molecular weight is 533 g/mol.